The van der Waals surface area contributed by atoms with Crippen LogP contribution in [-0.2, 0) is 24.3 Å². The van der Waals surface area contributed by atoms with Crippen molar-refractivity contribution in [3.63, 3.8) is 0 Å². The van der Waals surface area contributed by atoms with Gasteiger partial charge in [-0.25, -0.2) is 18.1 Å². The van der Waals surface area contributed by atoms with E-state index in [0.29, 0.717) is 31.4 Å². The fraction of sp³-hybridized carbons (Fsp3) is 0.750. The highest BCUT2D eigenvalue weighted by Gasteiger charge is 2.35. The molecule has 1 aromatic heterocycles. The maximum Gasteiger partial charge on any atom is 0.217 e. The number of sulfonamides is 1. The van der Waals surface area contributed by atoms with Crippen molar-refractivity contribution in [3.05, 3.63) is 23.4 Å². The molecular formula is C24H37N3O6S. The molecule has 3 aliphatic rings. The Kier molecular flexibility index (Phi) is 8.92. The highest BCUT2D eigenvalue weighted by atomic mass is 32.2. The van der Waals surface area contributed by atoms with Crippen LogP contribution in [0, 0.1) is 6.92 Å². The predicted molar refractivity (Wildman–Crippen MR) is 128 cm³/mol. The van der Waals surface area contributed by atoms with Crippen LogP contribution in [0.1, 0.15) is 62.0 Å². The van der Waals surface area contributed by atoms with Crippen LogP contribution in [0.3, 0.4) is 0 Å². The molecular weight excluding hydrogens is 458 g/mol. The number of hydrogen-bond acceptors (Lipinski definition) is 8. The minimum absolute atomic E-state index is 0.00892. The summed E-state index contributed by atoms with van der Waals surface area (Å²) in [4.78, 5) is 15.1. The number of aldehydes is 1. The molecule has 2 N–H and O–H groups in total. The number of pyridine rings is 1. The monoisotopic (exact) mass is 495 g/mol. The number of carbonyl (C=O) groups is 1. The van der Waals surface area contributed by atoms with Gasteiger partial charge in [0.1, 0.15) is 11.9 Å². The van der Waals surface area contributed by atoms with Gasteiger partial charge in [0.2, 0.25) is 15.9 Å². The zero-order valence-corrected chi connectivity index (χ0v) is 20.7. The lowest BCUT2D eigenvalue weighted by molar-refractivity contribution is -0.109. The van der Waals surface area contributed by atoms with Crippen molar-refractivity contribution in [1.29, 1.82) is 0 Å². The number of piperidine rings is 1. The molecule has 0 radical (unpaired) electrons. The summed E-state index contributed by atoms with van der Waals surface area (Å²) in [6, 6.07) is 1.79. The summed E-state index contributed by atoms with van der Waals surface area (Å²) in [5.41, 5.74) is 2.23. The number of nitrogens with one attached hydrogen (secondary N) is 2. The van der Waals surface area contributed by atoms with Crippen LogP contribution in [-0.4, -0.2) is 76.1 Å². The Bertz CT molecular complexity index is 913. The molecule has 3 heterocycles. The Morgan fingerprint density at radius 3 is 2.79 bits per heavy atom. The van der Waals surface area contributed by atoms with Crippen LogP contribution in [0.5, 0.6) is 5.88 Å². The van der Waals surface area contributed by atoms with E-state index in [4.69, 9.17) is 14.2 Å². The molecule has 2 aliphatic heterocycles. The molecule has 10 heteroatoms. The maximum absolute atomic E-state index is 12.7. The minimum Gasteiger partial charge on any atom is -0.470 e. The first-order valence-electron chi connectivity index (χ1n) is 12.4. The topological polar surface area (TPSA) is 116 Å². The molecule has 190 valence electrons. The van der Waals surface area contributed by atoms with Crippen LogP contribution in [0.2, 0.25) is 0 Å². The number of nitrogens with zero attached hydrogens (tertiary/aromatic N) is 1. The number of hydrogen-bond donors (Lipinski definition) is 2. The molecule has 2 saturated heterocycles. The van der Waals surface area contributed by atoms with E-state index in [1.165, 1.54) is 0 Å². The fourth-order valence-electron chi connectivity index (χ4n) is 5.36. The third-order valence-corrected chi connectivity index (χ3v) is 9.16. The zero-order valence-electron chi connectivity index (χ0n) is 19.9. The van der Waals surface area contributed by atoms with Crippen LogP contribution < -0.4 is 14.8 Å². The summed E-state index contributed by atoms with van der Waals surface area (Å²) in [5, 5.41) is 3.00. The van der Waals surface area contributed by atoms with Gasteiger partial charge in [-0.05, 0) is 76.0 Å². The van der Waals surface area contributed by atoms with Crippen molar-refractivity contribution in [3.8, 4) is 5.88 Å². The van der Waals surface area contributed by atoms with E-state index in [1.807, 2.05) is 6.07 Å². The molecule has 34 heavy (non-hydrogen) atoms. The Hall–Kier alpha value is -1.59. The SMILES string of the molecule is Cc1ccnc(OCC=O)c1C1CCC(OC[C@@H]2NCCC[C@@H]2NS(=O)(=O)[C@H]2CCOC2)CC1. The van der Waals surface area contributed by atoms with E-state index in [0.717, 1.165) is 62.5 Å². The Balaban J connectivity index is 1.29. The first-order valence-corrected chi connectivity index (χ1v) is 14.0. The highest BCUT2D eigenvalue weighted by Crippen LogP contribution is 2.39. The molecule has 0 bridgehead atoms. The second-order valence-electron chi connectivity index (χ2n) is 9.59. The smallest absolute Gasteiger partial charge is 0.217 e. The van der Waals surface area contributed by atoms with E-state index in [2.05, 4.69) is 21.9 Å². The van der Waals surface area contributed by atoms with Crippen LogP contribution in [0.25, 0.3) is 0 Å². The quantitative estimate of drug-likeness (QED) is 0.473. The lowest BCUT2D eigenvalue weighted by Crippen LogP contribution is -2.57. The Morgan fingerprint density at radius 2 is 2.06 bits per heavy atom. The van der Waals surface area contributed by atoms with Gasteiger partial charge < -0.3 is 19.5 Å². The van der Waals surface area contributed by atoms with E-state index in [-0.39, 0.29) is 31.4 Å². The number of rotatable bonds is 10. The number of ether oxygens (including phenoxy) is 3. The Morgan fingerprint density at radius 1 is 1.24 bits per heavy atom. The number of aromatic nitrogens is 1. The van der Waals surface area contributed by atoms with Crippen molar-refractivity contribution < 1.29 is 27.4 Å². The molecule has 1 aromatic rings. The lowest BCUT2D eigenvalue weighted by atomic mass is 9.81. The van der Waals surface area contributed by atoms with Crippen molar-refractivity contribution >= 4 is 16.3 Å². The average Bonchev–Trinajstić information content (AvgIpc) is 3.39. The summed E-state index contributed by atoms with van der Waals surface area (Å²) in [7, 11) is -3.40. The first kappa shape index (κ1) is 25.5. The van der Waals surface area contributed by atoms with E-state index < -0.39 is 15.3 Å². The standard InChI is InChI=1S/C24H37N3O6S/c1-17-8-11-26-24(32-14-12-28)23(17)18-4-6-19(7-5-18)33-16-22-21(3-2-10-25-22)27-34(29,30)20-9-13-31-15-20/h8,11-12,18-22,25,27H,2-7,9-10,13-16H2,1H3/t18?,19?,20-,21-,22-/m0/s1. The van der Waals surface area contributed by atoms with E-state index >= 15 is 0 Å². The summed E-state index contributed by atoms with van der Waals surface area (Å²) in [6.07, 6.45) is 8.69. The average molecular weight is 496 g/mol. The van der Waals surface area contributed by atoms with Gasteiger partial charge in [0.05, 0.1) is 19.3 Å². The van der Waals surface area contributed by atoms with Gasteiger partial charge in [-0.3, -0.25) is 4.79 Å². The predicted octanol–water partition coefficient (Wildman–Crippen LogP) is 1.84. The molecule has 3 atom stereocenters. The number of aryl methyl sites for hydroxylation is 1. The summed E-state index contributed by atoms with van der Waals surface area (Å²) >= 11 is 0. The van der Waals surface area contributed by atoms with Gasteiger partial charge in [0.25, 0.3) is 0 Å². The fourth-order valence-corrected chi connectivity index (χ4v) is 6.94. The van der Waals surface area contributed by atoms with Gasteiger partial charge in [0, 0.05) is 30.5 Å². The molecule has 9 nitrogen and oxygen atoms in total. The van der Waals surface area contributed by atoms with Gasteiger partial charge in [-0.15, -0.1) is 0 Å². The van der Waals surface area contributed by atoms with Gasteiger partial charge in [0.15, 0.2) is 6.29 Å². The lowest BCUT2D eigenvalue weighted by Gasteiger charge is -2.36. The van der Waals surface area contributed by atoms with E-state index in [9.17, 15) is 13.2 Å². The first-order chi connectivity index (χ1) is 16.5. The third-order valence-electron chi connectivity index (χ3n) is 7.28. The molecule has 0 unspecified atom stereocenters. The van der Waals surface area contributed by atoms with E-state index in [1.54, 1.807) is 6.20 Å². The van der Waals surface area contributed by atoms with Crippen molar-refractivity contribution in [1.82, 2.24) is 15.0 Å². The van der Waals surface area contributed by atoms with Gasteiger partial charge in [-0.2, -0.15) is 0 Å². The molecule has 3 fully saturated rings. The highest BCUT2D eigenvalue weighted by molar-refractivity contribution is 7.90. The summed E-state index contributed by atoms with van der Waals surface area (Å²) in [5.74, 6) is 0.891. The molecule has 0 spiro atoms. The maximum atomic E-state index is 12.7. The van der Waals surface area contributed by atoms with Crippen LogP contribution in [0.4, 0.5) is 0 Å². The largest absolute Gasteiger partial charge is 0.470 e. The minimum atomic E-state index is -3.40. The van der Waals surface area contributed by atoms with Crippen LogP contribution in [0.15, 0.2) is 12.3 Å². The molecule has 4 rings (SSSR count). The Labute approximate surface area is 202 Å². The van der Waals surface area contributed by atoms with Crippen molar-refractivity contribution in [2.45, 2.75) is 81.2 Å². The van der Waals surface area contributed by atoms with Gasteiger partial charge in [-0.1, -0.05) is 0 Å². The molecule has 1 saturated carbocycles. The van der Waals surface area contributed by atoms with Crippen molar-refractivity contribution in [2.75, 3.05) is 33.0 Å². The second-order valence-corrected chi connectivity index (χ2v) is 11.6. The van der Waals surface area contributed by atoms with Gasteiger partial charge >= 0.3 is 0 Å². The second kappa shape index (κ2) is 11.9. The number of carbonyl (C=O) groups excluding carboxylic acids is 1. The molecule has 0 aromatic carbocycles. The normalized spacial score (nSPS) is 30.2. The molecule has 0 amide bonds. The van der Waals surface area contributed by atoms with Crippen LogP contribution >= 0.6 is 0 Å². The summed E-state index contributed by atoms with van der Waals surface area (Å²) in [6.45, 7) is 4.21. The molecule has 1 aliphatic carbocycles. The third kappa shape index (κ3) is 6.34. The summed E-state index contributed by atoms with van der Waals surface area (Å²) < 4.78 is 45.6. The zero-order chi connectivity index (χ0) is 24.0. The van der Waals surface area contributed by atoms with Crippen molar-refractivity contribution in [2.24, 2.45) is 0 Å².